The molecule has 0 aliphatic heterocycles. The normalized spacial score (nSPS) is 14.6. The van der Waals surface area contributed by atoms with Crippen LogP contribution >= 0.6 is 27.5 Å². The molecule has 0 saturated heterocycles. The van der Waals surface area contributed by atoms with Crippen LogP contribution in [0.2, 0.25) is 0 Å². The molecule has 0 bridgehead atoms. The monoisotopic (exact) mass is 304 g/mol. The Kier molecular flexibility index (Phi) is 5.63. The summed E-state index contributed by atoms with van der Waals surface area (Å²) in [4.78, 5) is 0. The van der Waals surface area contributed by atoms with Gasteiger partial charge in [-0.2, -0.15) is 0 Å². The number of benzene rings is 1. The third-order valence-electron chi connectivity index (χ3n) is 2.54. The molecule has 1 aromatic rings. The van der Waals surface area contributed by atoms with E-state index >= 15 is 0 Å². The molecule has 0 aliphatic carbocycles. The van der Waals surface area contributed by atoms with E-state index in [4.69, 9.17) is 16.3 Å². The Balaban J connectivity index is 2.74. The van der Waals surface area contributed by atoms with Gasteiger partial charge in [0.15, 0.2) is 0 Å². The highest BCUT2D eigenvalue weighted by Gasteiger charge is 2.11. The van der Waals surface area contributed by atoms with E-state index in [9.17, 15) is 0 Å². The van der Waals surface area contributed by atoms with Crippen LogP contribution < -0.4 is 4.74 Å². The van der Waals surface area contributed by atoms with Crippen LogP contribution in [0.1, 0.15) is 25.8 Å². The second kappa shape index (κ2) is 6.51. The second-order valence-corrected chi connectivity index (χ2v) is 5.94. The highest BCUT2D eigenvalue weighted by Crippen LogP contribution is 2.27. The number of rotatable bonds is 5. The maximum atomic E-state index is 6.00. The topological polar surface area (TPSA) is 9.23 Å². The minimum atomic E-state index is 0.230. The van der Waals surface area contributed by atoms with Gasteiger partial charge in [0.25, 0.3) is 0 Å². The first-order chi connectivity index (χ1) is 7.52. The van der Waals surface area contributed by atoms with Crippen molar-refractivity contribution in [1.82, 2.24) is 0 Å². The minimum absolute atomic E-state index is 0.230. The van der Waals surface area contributed by atoms with Crippen LogP contribution in [0.15, 0.2) is 22.7 Å². The second-order valence-electron chi connectivity index (χ2n) is 4.28. The predicted octanol–water partition coefficient (Wildman–Crippen LogP) is 4.65. The first kappa shape index (κ1) is 13.9. The maximum Gasteiger partial charge on any atom is 0.122 e. The number of alkyl halides is 1. The minimum Gasteiger partial charge on any atom is -0.496 e. The van der Waals surface area contributed by atoms with E-state index in [2.05, 4.69) is 28.9 Å². The molecule has 1 rings (SSSR count). The average Bonchev–Trinajstić information content (AvgIpc) is 2.16. The highest BCUT2D eigenvalue weighted by atomic mass is 79.9. The molecule has 0 fully saturated rings. The lowest BCUT2D eigenvalue weighted by molar-refractivity contribution is 0.403. The van der Waals surface area contributed by atoms with E-state index in [1.54, 1.807) is 7.11 Å². The Hall–Kier alpha value is -0.210. The molecule has 3 heteroatoms. The number of ether oxygens (including phenoxy) is 1. The summed E-state index contributed by atoms with van der Waals surface area (Å²) in [6.07, 6.45) is 2.02. The van der Waals surface area contributed by atoms with E-state index in [-0.39, 0.29) is 5.38 Å². The van der Waals surface area contributed by atoms with Crippen LogP contribution in [0, 0.1) is 5.92 Å². The molecule has 1 nitrogen and oxygen atoms in total. The van der Waals surface area contributed by atoms with Crippen molar-refractivity contribution in [2.24, 2.45) is 5.92 Å². The van der Waals surface area contributed by atoms with E-state index in [1.165, 1.54) is 5.56 Å². The zero-order valence-electron chi connectivity index (χ0n) is 9.97. The van der Waals surface area contributed by atoms with E-state index in [0.717, 1.165) is 23.1 Å². The van der Waals surface area contributed by atoms with Gasteiger partial charge in [0.1, 0.15) is 5.75 Å². The SMILES string of the molecule is COc1ccc(Br)cc1CC(C)CC(C)Cl. The van der Waals surface area contributed by atoms with Crippen LogP contribution in [-0.2, 0) is 6.42 Å². The molecule has 1 aromatic carbocycles. The number of methoxy groups -OCH3 is 1. The van der Waals surface area contributed by atoms with Gasteiger partial charge in [-0.15, -0.1) is 11.6 Å². The van der Waals surface area contributed by atoms with Crippen molar-refractivity contribution in [1.29, 1.82) is 0 Å². The summed E-state index contributed by atoms with van der Waals surface area (Å²) in [7, 11) is 1.71. The van der Waals surface area contributed by atoms with Crippen molar-refractivity contribution >= 4 is 27.5 Å². The average molecular weight is 306 g/mol. The summed E-state index contributed by atoms with van der Waals surface area (Å²) in [5.74, 6) is 1.52. The van der Waals surface area contributed by atoms with Gasteiger partial charge in [0.05, 0.1) is 7.11 Å². The van der Waals surface area contributed by atoms with E-state index in [1.807, 2.05) is 19.1 Å². The molecule has 0 N–H and O–H groups in total. The van der Waals surface area contributed by atoms with Gasteiger partial charge in [-0.05, 0) is 49.4 Å². The molecule has 16 heavy (non-hydrogen) atoms. The number of hydrogen-bond acceptors (Lipinski definition) is 1. The van der Waals surface area contributed by atoms with Crippen LogP contribution in [0.25, 0.3) is 0 Å². The summed E-state index contributed by atoms with van der Waals surface area (Å²) in [6, 6.07) is 6.11. The van der Waals surface area contributed by atoms with E-state index < -0.39 is 0 Å². The zero-order chi connectivity index (χ0) is 12.1. The lowest BCUT2D eigenvalue weighted by atomic mass is 9.96. The first-order valence-electron chi connectivity index (χ1n) is 5.49. The third kappa shape index (κ3) is 4.34. The lowest BCUT2D eigenvalue weighted by Crippen LogP contribution is -2.06. The predicted molar refractivity (Wildman–Crippen MR) is 73.5 cm³/mol. The molecule has 0 heterocycles. The number of halogens is 2. The highest BCUT2D eigenvalue weighted by molar-refractivity contribution is 9.10. The number of hydrogen-bond donors (Lipinski definition) is 0. The lowest BCUT2D eigenvalue weighted by Gasteiger charge is -2.15. The quantitative estimate of drug-likeness (QED) is 0.719. The zero-order valence-corrected chi connectivity index (χ0v) is 12.3. The largest absolute Gasteiger partial charge is 0.496 e. The van der Waals surface area contributed by atoms with Gasteiger partial charge in [0.2, 0.25) is 0 Å². The molecule has 0 aromatic heterocycles. The van der Waals surface area contributed by atoms with Gasteiger partial charge >= 0.3 is 0 Å². The summed E-state index contributed by atoms with van der Waals surface area (Å²) < 4.78 is 6.44. The Labute approximate surface area is 111 Å². The molecule has 0 aliphatic rings. The standard InChI is InChI=1S/C13H18BrClO/c1-9(6-10(2)15)7-11-8-12(14)4-5-13(11)16-3/h4-5,8-10H,6-7H2,1-3H3. The fraction of sp³-hybridized carbons (Fsp3) is 0.538. The third-order valence-corrected chi connectivity index (χ3v) is 3.21. The van der Waals surface area contributed by atoms with Crippen molar-refractivity contribution < 1.29 is 4.74 Å². The summed E-state index contributed by atoms with van der Waals surface area (Å²) >= 11 is 9.49. The Bertz CT molecular complexity index is 339. The molecule has 0 amide bonds. The van der Waals surface area contributed by atoms with Gasteiger partial charge in [0, 0.05) is 9.85 Å². The maximum absolute atomic E-state index is 6.00. The van der Waals surface area contributed by atoms with Crippen LogP contribution in [-0.4, -0.2) is 12.5 Å². The van der Waals surface area contributed by atoms with Crippen LogP contribution in [0.4, 0.5) is 0 Å². The molecule has 0 spiro atoms. The Morgan fingerprint density at radius 3 is 2.62 bits per heavy atom. The van der Waals surface area contributed by atoms with Crippen molar-refractivity contribution in [2.75, 3.05) is 7.11 Å². The smallest absolute Gasteiger partial charge is 0.122 e. The summed E-state index contributed by atoms with van der Waals surface area (Å²) in [5, 5.41) is 0.230. The van der Waals surface area contributed by atoms with E-state index in [0.29, 0.717) is 5.92 Å². The fourth-order valence-electron chi connectivity index (χ4n) is 1.92. The molecule has 0 saturated carbocycles. The van der Waals surface area contributed by atoms with Crippen LogP contribution in [0.3, 0.4) is 0 Å². The van der Waals surface area contributed by atoms with Crippen molar-refractivity contribution in [3.05, 3.63) is 28.2 Å². The van der Waals surface area contributed by atoms with Crippen molar-refractivity contribution in [3.8, 4) is 5.75 Å². The Morgan fingerprint density at radius 1 is 1.38 bits per heavy atom. The van der Waals surface area contributed by atoms with Gasteiger partial charge in [-0.3, -0.25) is 0 Å². The van der Waals surface area contributed by atoms with Gasteiger partial charge < -0.3 is 4.74 Å². The molecular weight excluding hydrogens is 287 g/mol. The van der Waals surface area contributed by atoms with Gasteiger partial charge in [-0.1, -0.05) is 22.9 Å². The van der Waals surface area contributed by atoms with Gasteiger partial charge in [-0.25, -0.2) is 0 Å². The van der Waals surface area contributed by atoms with Crippen molar-refractivity contribution in [3.63, 3.8) is 0 Å². The molecule has 2 unspecified atom stereocenters. The molecular formula is C13H18BrClO. The molecule has 0 radical (unpaired) electrons. The summed E-state index contributed by atoms with van der Waals surface area (Å²) in [6.45, 7) is 4.26. The molecule has 2 atom stereocenters. The van der Waals surface area contributed by atoms with Crippen LogP contribution in [0.5, 0.6) is 5.75 Å². The fourth-order valence-corrected chi connectivity index (χ4v) is 2.63. The molecule has 90 valence electrons. The Morgan fingerprint density at radius 2 is 2.06 bits per heavy atom. The van der Waals surface area contributed by atoms with Crippen molar-refractivity contribution in [2.45, 2.75) is 32.1 Å². The first-order valence-corrected chi connectivity index (χ1v) is 6.72. The summed E-state index contributed by atoms with van der Waals surface area (Å²) in [5.41, 5.74) is 1.24.